The Labute approximate surface area is 108 Å². The van der Waals surface area contributed by atoms with Crippen LogP contribution in [0.5, 0.6) is 0 Å². The summed E-state index contributed by atoms with van der Waals surface area (Å²) >= 11 is 0. The molecular formula is C10H22N2O5S. The summed E-state index contributed by atoms with van der Waals surface area (Å²) in [7, 11) is -3.48. The van der Waals surface area contributed by atoms with Gasteiger partial charge in [0.05, 0.1) is 19.0 Å². The summed E-state index contributed by atoms with van der Waals surface area (Å²) in [6, 6.07) is -0.870. The number of rotatable bonds is 8. The summed E-state index contributed by atoms with van der Waals surface area (Å²) in [5.74, 6) is -0.376. The number of sulfonamides is 1. The van der Waals surface area contributed by atoms with Gasteiger partial charge in [-0.1, -0.05) is 13.8 Å². The number of hydrogen-bond donors (Lipinski definition) is 4. The van der Waals surface area contributed by atoms with Crippen LogP contribution in [0.4, 0.5) is 0 Å². The largest absolute Gasteiger partial charge is 0.394 e. The molecule has 0 aromatic rings. The highest BCUT2D eigenvalue weighted by molar-refractivity contribution is 7.88. The van der Waals surface area contributed by atoms with E-state index in [2.05, 4.69) is 10.0 Å². The van der Waals surface area contributed by atoms with Gasteiger partial charge in [0.2, 0.25) is 15.9 Å². The molecule has 0 radical (unpaired) electrons. The van der Waals surface area contributed by atoms with Crippen molar-refractivity contribution in [2.75, 3.05) is 19.4 Å². The Morgan fingerprint density at radius 2 is 1.89 bits per heavy atom. The van der Waals surface area contributed by atoms with Gasteiger partial charge in [0.1, 0.15) is 6.04 Å². The van der Waals surface area contributed by atoms with Crippen LogP contribution < -0.4 is 10.0 Å². The zero-order chi connectivity index (χ0) is 14.3. The van der Waals surface area contributed by atoms with Crippen molar-refractivity contribution < 1.29 is 23.4 Å². The molecule has 8 heteroatoms. The van der Waals surface area contributed by atoms with Crippen LogP contribution in [0.25, 0.3) is 0 Å². The second kappa shape index (κ2) is 7.67. The van der Waals surface area contributed by atoms with Gasteiger partial charge in [0.25, 0.3) is 0 Å². The number of aliphatic hydroxyl groups excluding tert-OH is 2. The Morgan fingerprint density at radius 1 is 1.33 bits per heavy atom. The van der Waals surface area contributed by atoms with E-state index in [1.807, 2.05) is 13.8 Å². The first kappa shape index (κ1) is 17.3. The van der Waals surface area contributed by atoms with Crippen LogP contribution in [-0.4, -0.2) is 56.1 Å². The van der Waals surface area contributed by atoms with E-state index in [0.29, 0.717) is 6.42 Å². The van der Waals surface area contributed by atoms with Gasteiger partial charge in [-0.05, 0) is 12.3 Å². The molecule has 7 nitrogen and oxygen atoms in total. The summed E-state index contributed by atoms with van der Waals surface area (Å²) in [6.07, 6.45) is 0.288. The van der Waals surface area contributed by atoms with Crippen LogP contribution >= 0.6 is 0 Å². The van der Waals surface area contributed by atoms with E-state index < -0.39 is 34.7 Å². The molecule has 0 aromatic heterocycles. The molecule has 1 amide bonds. The molecule has 0 aliphatic carbocycles. The van der Waals surface area contributed by atoms with Crippen molar-refractivity contribution in [1.82, 2.24) is 10.0 Å². The lowest BCUT2D eigenvalue weighted by Gasteiger charge is -2.19. The maximum absolute atomic E-state index is 11.7. The van der Waals surface area contributed by atoms with Gasteiger partial charge in [-0.3, -0.25) is 4.79 Å². The third-order valence-electron chi connectivity index (χ3n) is 2.10. The Hall–Kier alpha value is -0.700. The SMILES string of the molecule is CC(C)CC(NS(C)(=O)=O)C(=O)NCC(O)CO. The average molecular weight is 282 g/mol. The van der Waals surface area contributed by atoms with Crippen LogP contribution in [0.2, 0.25) is 0 Å². The summed E-state index contributed by atoms with van der Waals surface area (Å²) in [6.45, 7) is 3.16. The topological polar surface area (TPSA) is 116 Å². The Bertz CT molecular complexity index is 355. The van der Waals surface area contributed by atoms with Crippen molar-refractivity contribution in [3.8, 4) is 0 Å². The van der Waals surface area contributed by atoms with Gasteiger partial charge in [-0.15, -0.1) is 0 Å². The molecule has 0 rings (SSSR count). The van der Waals surface area contributed by atoms with E-state index >= 15 is 0 Å². The number of carbonyl (C=O) groups excluding carboxylic acids is 1. The number of nitrogens with one attached hydrogen (secondary N) is 2. The van der Waals surface area contributed by atoms with Crippen molar-refractivity contribution in [2.45, 2.75) is 32.4 Å². The predicted octanol–water partition coefficient (Wildman–Crippen LogP) is -1.58. The molecule has 18 heavy (non-hydrogen) atoms. The fraction of sp³-hybridized carbons (Fsp3) is 0.900. The molecule has 0 heterocycles. The van der Waals surface area contributed by atoms with Crippen molar-refractivity contribution in [1.29, 1.82) is 0 Å². The first-order chi connectivity index (χ1) is 8.15. The van der Waals surface area contributed by atoms with E-state index in [4.69, 9.17) is 10.2 Å². The first-order valence-electron chi connectivity index (χ1n) is 5.69. The first-order valence-corrected chi connectivity index (χ1v) is 7.58. The third kappa shape index (κ3) is 8.40. The summed E-state index contributed by atoms with van der Waals surface area (Å²) in [5, 5.41) is 20.1. The standard InChI is InChI=1S/C10H22N2O5S/c1-7(2)4-9(12-18(3,16)17)10(15)11-5-8(14)6-13/h7-9,12-14H,4-6H2,1-3H3,(H,11,15). The van der Waals surface area contributed by atoms with Crippen molar-refractivity contribution in [3.05, 3.63) is 0 Å². The van der Waals surface area contributed by atoms with Crippen LogP contribution in [0.15, 0.2) is 0 Å². The van der Waals surface area contributed by atoms with E-state index in [0.717, 1.165) is 6.26 Å². The van der Waals surface area contributed by atoms with Crippen LogP contribution in [0.3, 0.4) is 0 Å². The van der Waals surface area contributed by atoms with Crippen molar-refractivity contribution >= 4 is 15.9 Å². The molecule has 2 atom stereocenters. The number of aliphatic hydroxyl groups is 2. The molecule has 108 valence electrons. The Morgan fingerprint density at radius 3 is 2.28 bits per heavy atom. The lowest BCUT2D eigenvalue weighted by molar-refractivity contribution is -0.123. The second-order valence-electron chi connectivity index (χ2n) is 4.65. The highest BCUT2D eigenvalue weighted by atomic mass is 32.2. The Kier molecular flexibility index (Phi) is 7.37. The van der Waals surface area contributed by atoms with E-state index in [-0.39, 0.29) is 12.5 Å². The molecule has 0 bridgehead atoms. The molecule has 0 saturated heterocycles. The maximum atomic E-state index is 11.7. The van der Waals surface area contributed by atoms with Crippen molar-refractivity contribution in [3.63, 3.8) is 0 Å². The minimum Gasteiger partial charge on any atom is -0.394 e. The van der Waals surface area contributed by atoms with Crippen molar-refractivity contribution in [2.24, 2.45) is 5.92 Å². The normalized spacial score (nSPS) is 15.4. The highest BCUT2D eigenvalue weighted by Crippen LogP contribution is 2.05. The molecule has 2 unspecified atom stereocenters. The molecule has 0 fully saturated rings. The zero-order valence-corrected chi connectivity index (χ0v) is 11.7. The summed E-state index contributed by atoms with van der Waals surface area (Å²) in [4.78, 5) is 11.7. The van der Waals surface area contributed by atoms with Crippen LogP contribution in [-0.2, 0) is 14.8 Å². The van der Waals surface area contributed by atoms with Crippen LogP contribution in [0, 0.1) is 5.92 Å². The zero-order valence-electron chi connectivity index (χ0n) is 10.9. The molecule has 4 N–H and O–H groups in total. The van der Waals surface area contributed by atoms with Gasteiger partial charge in [-0.2, -0.15) is 0 Å². The lowest BCUT2D eigenvalue weighted by Crippen LogP contribution is -2.48. The molecule has 0 saturated carbocycles. The fourth-order valence-corrected chi connectivity index (χ4v) is 2.06. The third-order valence-corrected chi connectivity index (χ3v) is 2.82. The number of amides is 1. The maximum Gasteiger partial charge on any atom is 0.238 e. The van der Waals surface area contributed by atoms with Gasteiger partial charge in [0, 0.05) is 6.54 Å². The molecule has 0 aromatic carbocycles. The minimum absolute atomic E-state index is 0.116. The quantitative estimate of drug-likeness (QED) is 0.429. The molecular weight excluding hydrogens is 260 g/mol. The van der Waals surface area contributed by atoms with Gasteiger partial charge >= 0.3 is 0 Å². The van der Waals surface area contributed by atoms with Gasteiger partial charge in [0.15, 0.2) is 0 Å². The van der Waals surface area contributed by atoms with Crippen LogP contribution in [0.1, 0.15) is 20.3 Å². The van der Waals surface area contributed by atoms with Gasteiger partial charge in [-0.25, -0.2) is 13.1 Å². The van der Waals surface area contributed by atoms with E-state index in [1.165, 1.54) is 0 Å². The summed E-state index contributed by atoms with van der Waals surface area (Å²) in [5.41, 5.74) is 0. The predicted molar refractivity (Wildman–Crippen MR) is 67.3 cm³/mol. The van der Waals surface area contributed by atoms with E-state index in [9.17, 15) is 13.2 Å². The second-order valence-corrected chi connectivity index (χ2v) is 6.43. The van der Waals surface area contributed by atoms with Gasteiger partial charge < -0.3 is 15.5 Å². The average Bonchev–Trinajstić information content (AvgIpc) is 2.21. The highest BCUT2D eigenvalue weighted by Gasteiger charge is 2.23. The fourth-order valence-electron chi connectivity index (χ4n) is 1.34. The Balaban J connectivity index is 4.50. The summed E-state index contributed by atoms with van der Waals surface area (Å²) < 4.78 is 24.5. The van der Waals surface area contributed by atoms with E-state index in [1.54, 1.807) is 0 Å². The monoisotopic (exact) mass is 282 g/mol. The number of hydrogen-bond acceptors (Lipinski definition) is 5. The molecule has 0 aliphatic heterocycles. The molecule has 0 spiro atoms. The number of carbonyl (C=O) groups is 1. The molecule has 0 aliphatic rings. The minimum atomic E-state index is -3.48. The lowest BCUT2D eigenvalue weighted by atomic mass is 10.0. The smallest absolute Gasteiger partial charge is 0.238 e.